The Morgan fingerprint density at radius 1 is 1.26 bits per heavy atom. The SMILES string of the molecule is Cc1c(N)cccc1C(=O)N1CCC(C(N)=O)CC1. The summed E-state index contributed by atoms with van der Waals surface area (Å²) in [5.41, 5.74) is 13.2. The molecule has 5 nitrogen and oxygen atoms in total. The quantitative estimate of drug-likeness (QED) is 0.775. The number of carbonyl (C=O) groups excluding carboxylic acids is 2. The van der Waals surface area contributed by atoms with Gasteiger partial charge in [-0.25, -0.2) is 0 Å². The maximum absolute atomic E-state index is 12.4. The summed E-state index contributed by atoms with van der Waals surface area (Å²) in [6.45, 7) is 2.99. The second-order valence-electron chi connectivity index (χ2n) is 4.99. The van der Waals surface area contributed by atoms with Crippen molar-refractivity contribution in [3.63, 3.8) is 0 Å². The molecule has 5 heteroatoms. The van der Waals surface area contributed by atoms with Gasteiger partial charge in [-0.05, 0) is 37.5 Å². The number of hydrogen-bond donors (Lipinski definition) is 2. The summed E-state index contributed by atoms with van der Waals surface area (Å²) >= 11 is 0. The maximum atomic E-state index is 12.4. The van der Waals surface area contributed by atoms with Crippen molar-refractivity contribution in [2.24, 2.45) is 11.7 Å². The minimum Gasteiger partial charge on any atom is -0.398 e. The van der Waals surface area contributed by atoms with Crippen molar-refractivity contribution in [2.75, 3.05) is 18.8 Å². The molecular weight excluding hydrogens is 242 g/mol. The van der Waals surface area contributed by atoms with Crippen LogP contribution in [0.2, 0.25) is 0 Å². The fourth-order valence-corrected chi connectivity index (χ4v) is 2.42. The van der Waals surface area contributed by atoms with Gasteiger partial charge < -0.3 is 16.4 Å². The van der Waals surface area contributed by atoms with Crippen molar-refractivity contribution in [2.45, 2.75) is 19.8 Å². The van der Waals surface area contributed by atoms with E-state index in [1.54, 1.807) is 23.1 Å². The van der Waals surface area contributed by atoms with Gasteiger partial charge in [-0.1, -0.05) is 6.07 Å². The summed E-state index contributed by atoms with van der Waals surface area (Å²) in [5, 5.41) is 0. The van der Waals surface area contributed by atoms with E-state index in [2.05, 4.69) is 0 Å². The third-order valence-corrected chi connectivity index (χ3v) is 3.79. The molecule has 1 aliphatic rings. The average Bonchev–Trinajstić information content (AvgIpc) is 2.41. The largest absolute Gasteiger partial charge is 0.398 e. The number of nitrogen functional groups attached to an aromatic ring is 1. The zero-order valence-corrected chi connectivity index (χ0v) is 11.1. The molecule has 0 aliphatic carbocycles. The van der Waals surface area contributed by atoms with Gasteiger partial charge in [-0.2, -0.15) is 0 Å². The van der Waals surface area contributed by atoms with Crippen LogP contribution in [-0.4, -0.2) is 29.8 Å². The van der Waals surface area contributed by atoms with Gasteiger partial charge in [-0.15, -0.1) is 0 Å². The van der Waals surface area contributed by atoms with E-state index < -0.39 is 0 Å². The smallest absolute Gasteiger partial charge is 0.254 e. The Morgan fingerprint density at radius 2 is 1.89 bits per heavy atom. The molecule has 1 aliphatic heterocycles. The highest BCUT2D eigenvalue weighted by atomic mass is 16.2. The van der Waals surface area contributed by atoms with Gasteiger partial charge in [0, 0.05) is 30.3 Å². The Bertz CT molecular complexity index is 505. The van der Waals surface area contributed by atoms with Crippen LogP contribution < -0.4 is 11.5 Å². The second-order valence-corrected chi connectivity index (χ2v) is 4.99. The molecule has 2 rings (SSSR count). The second kappa shape index (κ2) is 5.30. The monoisotopic (exact) mass is 261 g/mol. The summed E-state index contributed by atoms with van der Waals surface area (Å²) in [7, 11) is 0. The van der Waals surface area contributed by atoms with Crippen LogP contribution in [0, 0.1) is 12.8 Å². The average molecular weight is 261 g/mol. The lowest BCUT2D eigenvalue weighted by atomic mass is 9.95. The molecular formula is C14H19N3O2. The first-order chi connectivity index (χ1) is 9.00. The lowest BCUT2D eigenvalue weighted by Gasteiger charge is -2.31. The van der Waals surface area contributed by atoms with E-state index in [9.17, 15) is 9.59 Å². The Hall–Kier alpha value is -2.04. The number of likely N-dealkylation sites (tertiary alicyclic amines) is 1. The Kier molecular flexibility index (Phi) is 3.74. The number of amides is 2. The van der Waals surface area contributed by atoms with Gasteiger partial charge in [0.1, 0.15) is 0 Å². The lowest BCUT2D eigenvalue weighted by Crippen LogP contribution is -2.41. The van der Waals surface area contributed by atoms with Gasteiger partial charge in [0.15, 0.2) is 0 Å². The van der Waals surface area contributed by atoms with Gasteiger partial charge >= 0.3 is 0 Å². The predicted molar refractivity (Wildman–Crippen MR) is 73.4 cm³/mol. The van der Waals surface area contributed by atoms with Crippen molar-refractivity contribution in [1.29, 1.82) is 0 Å². The molecule has 1 aromatic carbocycles. The van der Waals surface area contributed by atoms with E-state index in [-0.39, 0.29) is 17.7 Å². The molecule has 0 spiro atoms. The molecule has 1 aromatic rings. The molecule has 0 aromatic heterocycles. The first kappa shape index (κ1) is 13.4. The Morgan fingerprint density at radius 3 is 2.47 bits per heavy atom. The zero-order chi connectivity index (χ0) is 14.0. The third kappa shape index (κ3) is 2.70. The van der Waals surface area contributed by atoms with Gasteiger partial charge in [0.2, 0.25) is 5.91 Å². The number of primary amides is 1. The summed E-state index contributed by atoms with van der Waals surface area (Å²) in [5.74, 6) is -0.397. The first-order valence-corrected chi connectivity index (χ1v) is 6.44. The Balaban J connectivity index is 2.09. The number of rotatable bonds is 2. The number of benzene rings is 1. The van der Waals surface area contributed by atoms with Crippen molar-refractivity contribution in [3.05, 3.63) is 29.3 Å². The zero-order valence-electron chi connectivity index (χ0n) is 11.1. The van der Waals surface area contributed by atoms with Crippen LogP contribution in [0.1, 0.15) is 28.8 Å². The number of hydrogen-bond acceptors (Lipinski definition) is 3. The molecule has 0 unspecified atom stereocenters. The predicted octanol–water partition coefficient (Wildman–Crippen LogP) is 0.915. The Labute approximate surface area is 112 Å². The summed E-state index contributed by atoms with van der Waals surface area (Å²) in [6.07, 6.45) is 1.28. The van der Waals surface area contributed by atoms with Crippen molar-refractivity contribution in [3.8, 4) is 0 Å². The molecule has 0 bridgehead atoms. The normalized spacial score (nSPS) is 16.4. The fraction of sp³-hybridized carbons (Fsp3) is 0.429. The molecule has 0 radical (unpaired) electrons. The molecule has 0 atom stereocenters. The molecule has 1 saturated heterocycles. The van der Waals surface area contributed by atoms with Crippen LogP contribution in [0.4, 0.5) is 5.69 Å². The number of piperidine rings is 1. The highest BCUT2D eigenvalue weighted by Crippen LogP contribution is 2.22. The van der Waals surface area contributed by atoms with Crippen molar-refractivity contribution in [1.82, 2.24) is 4.90 Å². The van der Waals surface area contributed by atoms with E-state index in [0.29, 0.717) is 37.2 Å². The number of nitrogens with two attached hydrogens (primary N) is 2. The van der Waals surface area contributed by atoms with Crippen LogP contribution in [0.5, 0.6) is 0 Å². The number of anilines is 1. The molecule has 19 heavy (non-hydrogen) atoms. The molecule has 1 fully saturated rings. The van der Waals surface area contributed by atoms with Gasteiger partial charge in [0.25, 0.3) is 5.91 Å². The fourth-order valence-electron chi connectivity index (χ4n) is 2.42. The standard InChI is InChI=1S/C14H19N3O2/c1-9-11(3-2-4-12(9)15)14(19)17-7-5-10(6-8-17)13(16)18/h2-4,10H,5-8,15H2,1H3,(H2,16,18). The highest BCUT2D eigenvalue weighted by Gasteiger charge is 2.27. The lowest BCUT2D eigenvalue weighted by molar-refractivity contribution is -0.123. The summed E-state index contributed by atoms with van der Waals surface area (Å²) in [6, 6.07) is 5.35. The van der Waals surface area contributed by atoms with E-state index in [1.165, 1.54) is 0 Å². The topological polar surface area (TPSA) is 89.4 Å². The molecule has 0 saturated carbocycles. The summed E-state index contributed by atoms with van der Waals surface area (Å²) < 4.78 is 0. The molecule has 1 heterocycles. The molecule has 4 N–H and O–H groups in total. The number of carbonyl (C=O) groups is 2. The van der Waals surface area contributed by atoms with E-state index >= 15 is 0 Å². The van der Waals surface area contributed by atoms with E-state index in [4.69, 9.17) is 11.5 Å². The van der Waals surface area contributed by atoms with Crippen LogP contribution in [0.25, 0.3) is 0 Å². The minimum absolute atomic E-state index is 0.0206. The first-order valence-electron chi connectivity index (χ1n) is 6.44. The minimum atomic E-state index is -0.271. The van der Waals surface area contributed by atoms with Crippen LogP contribution >= 0.6 is 0 Å². The highest BCUT2D eigenvalue weighted by molar-refractivity contribution is 5.97. The maximum Gasteiger partial charge on any atom is 0.254 e. The molecule has 2 amide bonds. The van der Waals surface area contributed by atoms with Crippen LogP contribution in [0.3, 0.4) is 0 Å². The van der Waals surface area contributed by atoms with E-state index in [0.717, 1.165) is 5.56 Å². The van der Waals surface area contributed by atoms with Crippen LogP contribution in [0.15, 0.2) is 18.2 Å². The van der Waals surface area contributed by atoms with Gasteiger partial charge in [0.05, 0.1) is 0 Å². The van der Waals surface area contributed by atoms with Gasteiger partial charge in [-0.3, -0.25) is 9.59 Å². The van der Waals surface area contributed by atoms with Crippen LogP contribution in [-0.2, 0) is 4.79 Å². The van der Waals surface area contributed by atoms with Crippen molar-refractivity contribution >= 4 is 17.5 Å². The van der Waals surface area contributed by atoms with E-state index in [1.807, 2.05) is 6.92 Å². The third-order valence-electron chi connectivity index (χ3n) is 3.79. The molecule has 102 valence electrons. The summed E-state index contributed by atoms with van der Waals surface area (Å²) in [4.78, 5) is 25.3. The van der Waals surface area contributed by atoms with Crippen molar-refractivity contribution < 1.29 is 9.59 Å². The number of nitrogens with zero attached hydrogens (tertiary/aromatic N) is 1.